The minimum Gasteiger partial charge on any atom is -0.335 e. The van der Waals surface area contributed by atoms with Crippen LogP contribution in [0.3, 0.4) is 0 Å². The first-order chi connectivity index (χ1) is 5.59. The van der Waals surface area contributed by atoms with Crippen LogP contribution in [0.15, 0.2) is 0 Å². The first-order valence-electron chi connectivity index (χ1n) is 3.92. The van der Waals surface area contributed by atoms with Crippen LogP contribution in [0.4, 0.5) is 13.6 Å². The fourth-order valence-corrected chi connectivity index (χ4v) is 0.912. The van der Waals surface area contributed by atoms with Crippen molar-refractivity contribution in [2.75, 3.05) is 6.54 Å². The van der Waals surface area contributed by atoms with Gasteiger partial charge in [0, 0.05) is 6.04 Å². The van der Waals surface area contributed by atoms with E-state index in [0.29, 0.717) is 5.92 Å². The summed E-state index contributed by atoms with van der Waals surface area (Å²) >= 11 is 0. The Morgan fingerprint density at radius 3 is 2.67 bits per heavy atom. The molecule has 0 aromatic heterocycles. The summed E-state index contributed by atoms with van der Waals surface area (Å²) < 4.78 is 23.2. The van der Waals surface area contributed by atoms with E-state index in [1.807, 2.05) is 6.92 Å². The van der Waals surface area contributed by atoms with Gasteiger partial charge in [0.25, 0.3) is 6.43 Å². The van der Waals surface area contributed by atoms with Gasteiger partial charge in [-0.1, -0.05) is 6.92 Å². The summed E-state index contributed by atoms with van der Waals surface area (Å²) in [5, 5.41) is 4.65. The molecular formula is C7H12F2N2O. The lowest BCUT2D eigenvalue weighted by atomic mass is 10.5. The third-order valence-electron chi connectivity index (χ3n) is 1.84. The molecule has 5 heteroatoms. The minimum atomic E-state index is -2.48. The van der Waals surface area contributed by atoms with Crippen molar-refractivity contribution in [3.63, 3.8) is 0 Å². The molecule has 0 saturated heterocycles. The van der Waals surface area contributed by atoms with Gasteiger partial charge < -0.3 is 10.6 Å². The molecular weight excluding hydrogens is 166 g/mol. The second kappa shape index (κ2) is 3.69. The highest BCUT2D eigenvalue weighted by Gasteiger charge is 2.33. The Balaban J connectivity index is 2.04. The zero-order valence-electron chi connectivity index (χ0n) is 6.81. The zero-order valence-corrected chi connectivity index (χ0v) is 6.81. The number of alkyl halides is 2. The van der Waals surface area contributed by atoms with E-state index < -0.39 is 19.0 Å². The summed E-state index contributed by atoms with van der Waals surface area (Å²) in [6.07, 6.45) is -1.53. The van der Waals surface area contributed by atoms with Crippen LogP contribution >= 0.6 is 0 Å². The standard InChI is InChI=1S/C7H12F2N2O/c1-4-2-5(4)11-7(12)10-3-6(8)9/h4-6H,2-3H2,1H3,(H2,10,11,12)/t4-,5-/m1/s1. The lowest BCUT2D eigenvalue weighted by molar-refractivity contribution is 0.146. The number of amides is 2. The largest absolute Gasteiger partial charge is 0.335 e. The number of hydrogen-bond acceptors (Lipinski definition) is 1. The topological polar surface area (TPSA) is 41.1 Å². The van der Waals surface area contributed by atoms with Gasteiger partial charge in [0.1, 0.15) is 0 Å². The first-order valence-corrected chi connectivity index (χ1v) is 3.92. The second-order valence-corrected chi connectivity index (χ2v) is 3.06. The first kappa shape index (κ1) is 9.22. The fraction of sp³-hybridized carbons (Fsp3) is 0.857. The quantitative estimate of drug-likeness (QED) is 0.664. The van der Waals surface area contributed by atoms with Gasteiger partial charge in [0.15, 0.2) is 0 Å². The molecule has 2 atom stereocenters. The number of urea groups is 1. The van der Waals surface area contributed by atoms with E-state index in [1.165, 1.54) is 0 Å². The smallest absolute Gasteiger partial charge is 0.315 e. The Morgan fingerprint density at radius 1 is 1.67 bits per heavy atom. The molecule has 12 heavy (non-hydrogen) atoms. The summed E-state index contributed by atoms with van der Waals surface area (Å²) in [7, 11) is 0. The van der Waals surface area contributed by atoms with Crippen LogP contribution in [0.5, 0.6) is 0 Å². The molecule has 0 aromatic rings. The molecule has 1 aliphatic rings. The molecule has 0 bridgehead atoms. The molecule has 1 saturated carbocycles. The third kappa shape index (κ3) is 3.02. The van der Waals surface area contributed by atoms with Gasteiger partial charge >= 0.3 is 6.03 Å². The molecule has 1 rings (SSSR count). The van der Waals surface area contributed by atoms with E-state index >= 15 is 0 Å². The maximum Gasteiger partial charge on any atom is 0.315 e. The minimum absolute atomic E-state index is 0.183. The molecule has 0 aromatic carbocycles. The number of carbonyl (C=O) groups excluding carboxylic acids is 1. The highest BCUT2D eigenvalue weighted by Crippen LogP contribution is 2.28. The monoisotopic (exact) mass is 178 g/mol. The van der Waals surface area contributed by atoms with Crippen LogP contribution < -0.4 is 10.6 Å². The Kier molecular flexibility index (Phi) is 2.83. The molecule has 1 fully saturated rings. The lowest BCUT2D eigenvalue weighted by Gasteiger charge is -2.05. The summed E-state index contributed by atoms with van der Waals surface area (Å²) in [5.74, 6) is 0.488. The molecule has 1 aliphatic carbocycles. The predicted octanol–water partition coefficient (Wildman–Crippen LogP) is 0.959. The summed E-state index contributed by atoms with van der Waals surface area (Å²) in [5.41, 5.74) is 0. The van der Waals surface area contributed by atoms with Crippen molar-refractivity contribution in [1.82, 2.24) is 10.6 Å². The van der Waals surface area contributed by atoms with Gasteiger partial charge in [-0.05, 0) is 12.3 Å². The third-order valence-corrected chi connectivity index (χ3v) is 1.84. The Labute approximate surface area is 69.5 Å². The molecule has 2 N–H and O–H groups in total. The van der Waals surface area contributed by atoms with Gasteiger partial charge in [-0.3, -0.25) is 0 Å². The average molecular weight is 178 g/mol. The van der Waals surface area contributed by atoms with Crippen molar-refractivity contribution >= 4 is 6.03 Å². The van der Waals surface area contributed by atoms with Crippen molar-refractivity contribution in [3.8, 4) is 0 Å². The second-order valence-electron chi connectivity index (χ2n) is 3.06. The normalized spacial score (nSPS) is 27.0. The maximum absolute atomic E-state index is 11.6. The lowest BCUT2D eigenvalue weighted by Crippen LogP contribution is -2.39. The number of rotatable bonds is 3. The molecule has 3 nitrogen and oxygen atoms in total. The van der Waals surface area contributed by atoms with Gasteiger partial charge in [0.05, 0.1) is 6.54 Å². The van der Waals surface area contributed by atoms with Crippen molar-refractivity contribution in [1.29, 1.82) is 0 Å². The van der Waals surface area contributed by atoms with Crippen LogP contribution in [0, 0.1) is 5.92 Å². The molecule has 0 radical (unpaired) electrons. The summed E-state index contributed by atoms with van der Waals surface area (Å²) in [6, 6.07) is -0.313. The van der Waals surface area contributed by atoms with E-state index in [0.717, 1.165) is 6.42 Å². The van der Waals surface area contributed by atoms with Crippen LogP contribution in [-0.4, -0.2) is 25.0 Å². The SMILES string of the molecule is C[C@@H]1C[C@H]1NC(=O)NCC(F)F. The molecule has 70 valence electrons. The predicted molar refractivity (Wildman–Crippen MR) is 40.1 cm³/mol. The number of halogens is 2. The fourth-order valence-electron chi connectivity index (χ4n) is 0.912. The van der Waals surface area contributed by atoms with Crippen molar-refractivity contribution in [2.24, 2.45) is 5.92 Å². The number of nitrogens with one attached hydrogen (secondary N) is 2. The van der Waals surface area contributed by atoms with Gasteiger partial charge in [0.2, 0.25) is 0 Å². The zero-order chi connectivity index (χ0) is 9.14. The van der Waals surface area contributed by atoms with Gasteiger partial charge in [-0.2, -0.15) is 0 Å². The van der Waals surface area contributed by atoms with Gasteiger partial charge in [-0.25, -0.2) is 13.6 Å². The van der Waals surface area contributed by atoms with Crippen molar-refractivity contribution in [2.45, 2.75) is 25.8 Å². The molecule has 0 spiro atoms. The van der Waals surface area contributed by atoms with Gasteiger partial charge in [-0.15, -0.1) is 0 Å². The Hall–Kier alpha value is -0.870. The average Bonchev–Trinajstić information content (AvgIpc) is 2.62. The maximum atomic E-state index is 11.6. The Bertz CT molecular complexity index is 175. The van der Waals surface area contributed by atoms with Crippen LogP contribution in [0.2, 0.25) is 0 Å². The van der Waals surface area contributed by atoms with Crippen LogP contribution in [0.1, 0.15) is 13.3 Å². The van der Waals surface area contributed by atoms with E-state index in [2.05, 4.69) is 10.6 Å². The molecule has 0 heterocycles. The van der Waals surface area contributed by atoms with E-state index in [9.17, 15) is 13.6 Å². The highest BCUT2D eigenvalue weighted by molar-refractivity contribution is 5.74. The van der Waals surface area contributed by atoms with Crippen LogP contribution in [-0.2, 0) is 0 Å². The van der Waals surface area contributed by atoms with E-state index in [-0.39, 0.29) is 6.04 Å². The summed E-state index contributed by atoms with van der Waals surface area (Å²) in [6.45, 7) is 1.42. The molecule has 0 aliphatic heterocycles. The van der Waals surface area contributed by atoms with Crippen molar-refractivity contribution in [3.05, 3.63) is 0 Å². The summed E-state index contributed by atoms with van der Waals surface area (Å²) in [4.78, 5) is 10.8. The van der Waals surface area contributed by atoms with E-state index in [1.54, 1.807) is 0 Å². The van der Waals surface area contributed by atoms with E-state index in [4.69, 9.17) is 0 Å². The van der Waals surface area contributed by atoms with Crippen molar-refractivity contribution < 1.29 is 13.6 Å². The molecule has 2 amide bonds. The molecule has 0 unspecified atom stereocenters. The number of carbonyl (C=O) groups is 1. The number of hydrogen-bond donors (Lipinski definition) is 2. The highest BCUT2D eigenvalue weighted by atomic mass is 19.3. The Morgan fingerprint density at radius 2 is 2.25 bits per heavy atom. The van der Waals surface area contributed by atoms with Crippen LogP contribution in [0.25, 0.3) is 0 Å².